The van der Waals surface area contributed by atoms with Crippen molar-refractivity contribution in [1.82, 2.24) is 0 Å². The molecule has 0 aromatic heterocycles. The van der Waals surface area contributed by atoms with Gasteiger partial charge in [0, 0.05) is 5.56 Å². The third-order valence-electron chi connectivity index (χ3n) is 3.04. The van der Waals surface area contributed by atoms with E-state index in [0.717, 1.165) is 12.5 Å². The van der Waals surface area contributed by atoms with Gasteiger partial charge in [-0.2, -0.15) is 13.2 Å². The van der Waals surface area contributed by atoms with Crippen LogP contribution in [0.3, 0.4) is 0 Å². The van der Waals surface area contributed by atoms with Crippen molar-refractivity contribution in [3.05, 3.63) is 34.1 Å². The van der Waals surface area contributed by atoms with Crippen molar-refractivity contribution in [3.63, 3.8) is 0 Å². The SMILES string of the molecule is CCCC[C@@H](O)[C@@H](N)c1c(C(F)(F)F)ccc(Cl)c1F. The lowest BCUT2D eigenvalue weighted by atomic mass is 9.93. The van der Waals surface area contributed by atoms with Crippen LogP contribution in [0.4, 0.5) is 17.6 Å². The number of aliphatic hydroxyl groups is 1. The van der Waals surface area contributed by atoms with E-state index in [4.69, 9.17) is 17.3 Å². The lowest BCUT2D eigenvalue weighted by molar-refractivity contribution is -0.138. The maximum absolute atomic E-state index is 13.9. The molecule has 0 saturated heterocycles. The van der Waals surface area contributed by atoms with Gasteiger partial charge in [-0.1, -0.05) is 31.4 Å². The van der Waals surface area contributed by atoms with Crippen LogP contribution in [0.15, 0.2) is 12.1 Å². The number of aliphatic hydroxyl groups excluding tert-OH is 1. The summed E-state index contributed by atoms with van der Waals surface area (Å²) in [7, 11) is 0. The number of alkyl halides is 3. The average Bonchev–Trinajstić information content (AvgIpc) is 2.36. The Morgan fingerprint density at radius 3 is 2.45 bits per heavy atom. The summed E-state index contributed by atoms with van der Waals surface area (Å²) in [6.45, 7) is 1.86. The molecule has 0 bridgehead atoms. The highest BCUT2D eigenvalue weighted by Gasteiger charge is 2.38. The highest BCUT2D eigenvalue weighted by atomic mass is 35.5. The molecule has 20 heavy (non-hydrogen) atoms. The normalized spacial score (nSPS) is 15.2. The van der Waals surface area contributed by atoms with E-state index in [0.29, 0.717) is 12.5 Å². The minimum absolute atomic E-state index is 0.195. The van der Waals surface area contributed by atoms with Gasteiger partial charge in [0.15, 0.2) is 0 Å². The third-order valence-corrected chi connectivity index (χ3v) is 3.33. The molecule has 0 spiro atoms. The number of hydrogen-bond acceptors (Lipinski definition) is 2. The predicted molar refractivity (Wildman–Crippen MR) is 68.9 cm³/mol. The van der Waals surface area contributed by atoms with Crippen LogP contribution in [0.1, 0.15) is 43.4 Å². The maximum atomic E-state index is 13.9. The van der Waals surface area contributed by atoms with Crippen molar-refractivity contribution in [3.8, 4) is 0 Å². The molecule has 0 fully saturated rings. The van der Waals surface area contributed by atoms with E-state index in [2.05, 4.69) is 0 Å². The van der Waals surface area contributed by atoms with Crippen molar-refractivity contribution in [2.75, 3.05) is 0 Å². The number of benzene rings is 1. The van der Waals surface area contributed by atoms with Crippen LogP contribution in [-0.4, -0.2) is 11.2 Å². The lowest BCUT2D eigenvalue weighted by Crippen LogP contribution is -2.29. The minimum Gasteiger partial charge on any atom is -0.391 e. The predicted octanol–water partition coefficient (Wildman–Crippen LogP) is 4.05. The number of nitrogens with two attached hydrogens (primary N) is 1. The molecule has 2 atom stereocenters. The molecule has 1 aromatic carbocycles. The molecular formula is C13H16ClF4NO. The van der Waals surface area contributed by atoms with Gasteiger partial charge in [-0.25, -0.2) is 4.39 Å². The first-order valence-corrected chi connectivity index (χ1v) is 6.56. The molecule has 114 valence electrons. The van der Waals surface area contributed by atoms with E-state index in [-0.39, 0.29) is 6.42 Å². The van der Waals surface area contributed by atoms with Gasteiger partial charge in [-0.15, -0.1) is 0 Å². The Labute approximate surface area is 119 Å². The topological polar surface area (TPSA) is 46.2 Å². The molecule has 0 amide bonds. The summed E-state index contributed by atoms with van der Waals surface area (Å²) < 4.78 is 52.6. The highest BCUT2D eigenvalue weighted by molar-refractivity contribution is 6.30. The van der Waals surface area contributed by atoms with Gasteiger partial charge in [0.05, 0.1) is 22.7 Å². The minimum atomic E-state index is -4.76. The molecule has 0 aliphatic carbocycles. The van der Waals surface area contributed by atoms with Crippen LogP contribution in [-0.2, 0) is 6.18 Å². The Hall–Kier alpha value is -0.850. The number of hydrogen-bond donors (Lipinski definition) is 2. The summed E-state index contributed by atoms with van der Waals surface area (Å²) in [5.74, 6) is -1.23. The van der Waals surface area contributed by atoms with E-state index in [9.17, 15) is 22.7 Å². The zero-order valence-corrected chi connectivity index (χ0v) is 11.6. The molecule has 0 saturated carbocycles. The lowest BCUT2D eigenvalue weighted by Gasteiger charge is -2.23. The Balaban J connectivity index is 3.23. The second-order valence-electron chi connectivity index (χ2n) is 4.56. The first-order valence-electron chi connectivity index (χ1n) is 6.18. The summed E-state index contributed by atoms with van der Waals surface area (Å²) >= 11 is 5.51. The van der Waals surface area contributed by atoms with Crippen LogP contribution in [0.5, 0.6) is 0 Å². The Morgan fingerprint density at radius 1 is 1.35 bits per heavy atom. The van der Waals surface area contributed by atoms with Crippen LogP contribution in [0.2, 0.25) is 5.02 Å². The van der Waals surface area contributed by atoms with Gasteiger partial charge in [-0.3, -0.25) is 0 Å². The van der Waals surface area contributed by atoms with Crippen molar-refractivity contribution >= 4 is 11.6 Å². The second-order valence-corrected chi connectivity index (χ2v) is 4.96. The van der Waals surface area contributed by atoms with Crippen LogP contribution >= 0.6 is 11.6 Å². The maximum Gasteiger partial charge on any atom is 0.416 e. The molecule has 0 radical (unpaired) electrons. The largest absolute Gasteiger partial charge is 0.416 e. The number of rotatable bonds is 5. The van der Waals surface area contributed by atoms with Gasteiger partial charge in [-0.05, 0) is 18.6 Å². The van der Waals surface area contributed by atoms with E-state index < -0.39 is 40.3 Å². The van der Waals surface area contributed by atoms with Crippen LogP contribution < -0.4 is 5.73 Å². The fraction of sp³-hybridized carbons (Fsp3) is 0.538. The zero-order valence-electron chi connectivity index (χ0n) is 10.8. The van der Waals surface area contributed by atoms with Gasteiger partial charge in [0.25, 0.3) is 0 Å². The molecule has 0 aliphatic heterocycles. The van der Waals surface area contributed by atoms with Gasteiger partial charge in [0.1, 0.15) is 5.82 Å². The molecule has 0 aliphatic rings. The van der Waals surface area contributed by atoms with Gasteiger partial charge >= 0.3 is 6.18 Å². The standard InChI is InChI=1S/C13H16ClF4NO/c1-2-3-4-9(20)12(19)10-7(13(16,17)18)5-6-8(14)11(10)15/h5-6,9,12,20H,2-4,19H2,1H3/t9-,12-/m1/s1. The quantitative estimate of drug-likeness (QED) is 0.806. The Kier molecular flexibility index (Phi) is 5.79. The third kappa shape index (κ3) is 3.84. The molecule has 3 N–H and O–H groups in total. The fourth-order valence-corrected chi connectivity index (χ4v) is 2.09. The first-order chi connectivity index (χ1) is 9.20. The van der Waals surface area contributed by atoms with E-state index in [1.165, 1.54) is 0 Å². The van der Waals surface area contributed by atoms with Crippen LogP contribution in [0.25, 0.3) is 0 Å². The van der Waals surface area contributed by atoms with E-state index in [1.807, 2.05) is 6.92 Å². The molecule has 2 nitrogen and oxygen atoms in total. The fourth-order valence-electron chi connectivity index (χ4n) is 1.92. The Bertz CT molecular complexity index is 464. The molecule has 0 heterocycles. The molecular weight excluding hydrogens is 298 g/mol. The van der Waals surface area contributed by atoms with Crippen molar-refractivity contribution in [2.24, 2.45) is 5.73 Å². The van der Waals surface area contributed by atoms with Crippen molar-refractivity contribution in [2.45, 2.75) is 44.5 Å². The highest BCUT2D eigenvalue weighted by Crippen LogP contribution is 2.38. The second kappa shape index (κ2) is 6.74. The summed E-state index contributed by atoms with van der Waals surface area (Å²) in [6, 6.07) is 0.0264. The van der Waals surface area contributed by atoms with E-state index in [1.54, 1.807) is 0 Å². The van der Waals surface area contributed by atoms with Crippen molar-refractivity contribution < 1.29 is 22.7 Å². The smallest absolute Gasteiger partial charge is 0.391 e. The number of unbranched alkanes of at least 4 members (excludes halogenated alkanes) is 1. The summed E-state index contributed by atoms with van der Waals surface area (Å²) in [5.41, 5.74) is 3.61. The average molecular weight is 314 g/mol. The van der Waals surface area contributed by atoms with E-state index >= 15 is 0 Å². The Morgan fingerprint density at radius 2 is 1.95 bits per heavy atom. The van der Waals surface area contributed by atoms with Gasteiger partial charge in [0.2, 0.25) is 0 Å². The monoisotopic (exact) mass is 313 g/mol. The zero-order chi connectivity index (χ0) is 15.5. The first kappa shape index (κ1) is 17.2. The summed E-state index contributed by atoms with van der Waals surface area (Å²) in [6.07, 6.45) is -4.50. The molecule has 1 rings (SSSR count). The van der Waals surface area contributed by atoms with Crippen LogP contribution in [0, 0.1) is 5.82 Å². The molecule has 0 unspecified atom stereocenters. The number of halogens is 5. The summed E-state index contributed by atoms with van der Waals surface area (Å²) in [5, 5.41) is 9.35. The van der Waals surface area contributed by atoms with Crippen molar-refractivity contribution in [1.29, 1.82) is 0 Å². The molecule has 7 heteroatoms. The summed E-state index contributed by atoms with van der Waals surface area (Å²) in [4.78, 5) is 0. The van der Waals surface area contributed by atoms with Gasteiger partial charge < -0.3 is 10.8 Å². The molecule has 1 aromatic rings.